The van der Waals surface area contributed by atoms with Gasteiger partial charge in [0.15, 0.2) is 5.16 Å². The summed E-state index contributed by atoms with van der Waals surface area (Å²) in [6.07, 6.45) is 6.06. The number of likely N-dealkylation sites (tertiary alicyclic amines) is 1. The predicted molar refractivity (Wildman–Crippen MR) is 67.2 cm³/mol. The van der Waals surface area contributed by atoms with Crippen molar-refractivity contribution in [2.45, 2.75) is 17.6 Å². The summed E-state index contributed by atoms with van der Waals surface area (Å²) in [5.74, 6) is -0.0852. The van der Waals surface area contributed by atoms with Crippen LogP contribution in [-0.2, 0) is 0 Å². The van der Waals surface area contributed by atoms with E-state index in [1.807, 2.05) is 6.26 Å². The molecule has 0 aromatic carbocycles. The Labute approximate surface area is 105 Å². The van der Waals surface area contributed by atoms with E-state index in [1.165, 1.54) is 11.8 Å². The Morgan fingerprint density at radius 1 is 1.53 bits per heavy atom. The smallest absolute Gasteiger partial charge is 0.254 e. The van der Waals surface area contributed by atoms with Crippen molar-refractivity contribution in [3.05, 3.63) is 18.0 Å². The summed E-state index contributed by atoms with van der Waals surface area (Å²) >= 11 is 1.46. The second-order valence-electron chi connectivity index (χ2n) is 4.18. The van der Waals surface area contributed by atoms with E-state index in [9.17, 15) is 4.79 Å². The Morgan fingerprint density at radius 2 is 2.24 bits per heavy atom. The first-order chi connectivity index (χ1) is 8.19. The molecular formula is C11H16N4OS. The van der Waals surface area contributed by atoms with Crippen molar-refractivity contribution in [1.29, 1.82) is 0 Å². The molecule has 0 radical (unpaired) electrons. The minimum Gasteiger partial charge on any atom is -0.348 e. The maximum absolute atomic E-state index is 11.9. The lowest BCUT2D eigenvalue weighted by molar-refractivity contribution is 0.0937. The van der Waals surface area contributed by atoms with Gasteiger partial charge in [0.25, 0.3) is 5.91 Å². The molecule has 1 amide bonds. The molecule has 0 spiro atoms. The molecule has 2 rings (SSSR count). The summed E-state index contributed by atoms with van der Waals surface area (Å²) in [6, 6.07) is 0.243. The van der Waals surface area contributed by atoms with E-state index in [-0.39, 0.29) is 11.9 Å². The Balaban J connectivity index is 1.94. The number of nitrogens with one attached hydrogen (secondary N) is 1. The lowest BCUT2D eigenvalue weighted by Gasteiger charge is -2.12. The molecule has 1 N–H and O–H groups in total. The summed E-state index contributed by atoms with van der Waals surface area (Å²) in [7, 11) is 2.06. The van der Waals surface area contributed by atoms with Crippen LogP contribution < -0.4 is 5.32 Å². The lowest BCUT2D eigenvalue weighted by Crippen LogP contribution is -2.36. The van der Waals surface area contributed by atoms with Gasteiger partial charge in [-0.05, 0) is 26.3 Å². The highest BCUT2D eigenvalue weighted by Gasteiger charge is 2.21. The lowest BCUT2D eigenvalue weighted by atomic mass is 10.2. The van der Waals surface area contributed by atoms with Gasteiger partial charge in [0.1, 0.15) is 0 Å². The van der Waals surface area contributed by atoms with Gasteiger partial charge in [-0.1, -0.05) is 11.8 Å². The standard InChI is InChI=1S/C11H16N4OS/c1-15-4-3-9(7-15)14-10(16)8-5-12-11(17-2)13-6-8/h5-6,9H,3-4,7H2,1-2H3,(H,14,16)/t9-/m0/s1. The van der Waals surface area contributed by atoms with Crippen molar-refractivity contribution in [3.63, 3.8) is 0 Å². The van der Waals surface area contributed by atoms with Gasteiger partial charge >= 0.3 is 0 Å². The number of hydrogen-bond donors (Lipinski definition) is 1. The number of rotatable bonds is 3. The van der Waals surface area contributed by atoms with Crippen molar-refractivity contribution in [2.75, 3.05) is 26.4 Å². The van der Waals surface area contributed by atoms with Crippen LogP contribution in [0.25, 0.3) is 0 Å². The van der Waals surface area contributed by atoms with E-state index >= 15 is 0 Å². The van der Waals surface area contributed by atoms with Gasteiger partial charge in [-0.3, -0.25) is 4.79 Å². The molecule has 1 saturated heterocycles. The van der Waals surface area contributed by atoms with Crippen LogP contribution in [0.5, 0.6) is 0 Å². The van der Waals surface area contributed by atoms with Crippen LogP contribution in [0.4, 0.5) is 0 Å². The molecule has 5 nitrogen and oxygen atoms in total. The molecule has 0 saturated carbocycles. The summed E-state index contributed by atoms with van der Waals surface area (Å²) < 4.78 is 0. The minimum atomic E-state index is -0.0852. The zero-order chi connectivity index (χ0) is 12.3. The van der Waals surface area contributed by atoms with E-state index in [0.717, 1.165) is 19.5 Å². The first-order valence-corrected chi connectivity index (χ1v) is 6.77. The fourth-order valence-electron chi connectivity index (χ4n) is 1.86. The number of nitrogens with zero attached hydrogens (tertiary/aromatic N) is 3. The normalized spacial score (nSPS) is 20.5. The van der Waals surface area contributed by atoms with Gasteiger partial charge in [0, 0.05) is 25.0 Å². The largest absolute Gasteiger partial charge is 0.348 e. The zero-order valence-corrected chi connectivity index (χ0v) is 10.8. The number of hydrogen-bond acceptors (Lipinski definition) is 5. The molecule has 1 aromatic rings. The maximum atomic E-state index is 11.9. The van der Waals surface area contributed by atoms with Gasteiger partial charge in [0.05, 0.1) is 5.56 Å². The Kier molecular flexibility index (Phi) is 3.96. The average molecular weight is 252 g/mol. The molecule has 6 heteroatoms. The van der Waals surface area contributed by atoms with Gasteiger partial charge in [-0.2, -0.15) is 0 Å². The third kappa shape index (κ3) is 3.17. The Hall–Kier alpha value is -1.14. The van der Waals surface area contributed by atoms with Crippen molar-refractivity contribution in [3.8, 4) is 0 Å². The number of carbonyl (C=O) groups is 1. The van der Waals surface area contributed by atoms with E-state index < -0.39 is 0 Å². The molecule has 17 heavy (non-hydrogen) atoms. The quantitative estimate of drug-likeness (QED) is 0.632. The van der Waals surface area contributed by atoms with Crippen LogP contribution in [0.2, 0.25) is 0 Å². The Bertz CT molecular complexity index is 395. The number of likely N-dealkylation sites (N-methyl/N-ethyl adjacent to an activating group) is 1. The molecule has 0 aliphatic carbocycles. The fraction of sp³-hybridized carbons (Fsp3) is 0.545. The highest BCUT2D eigenvalue weighted by Crippen LogP contribution is 2.09. The van der Waals surface area contributed by atoms with Crippen molar-refractivity contribution >= 4 is 17.7 Å². The first-order valence-electron chi connectivity index (χ1n) is 5.54. The SMILES string of the molecule is CSc1ncc(C(=O)N[C@H]2CCN(C)C2)cn1. The van der Waals surface area contributed by atoms with Crippen molar-refractivity contribution in [2.24, 2.45) is 0 Å². The highest BCUT2D eigenvalue weighted by molar-refractivity contribution is 7.98. The number of amides is 1. The van der Waals surface area contributed by atoms with Crippen LogP contribution >= 0.6 is 11.8 Å². The molecule has 2 heterocycles. The van der Waals surface area contributed by atoms with E-state index in [4.69, 9.17) is 0 Å². The van der Waals surface area contributed by atoms with Crippen LogP contribution in [0.1, 0.15) is 16.8 Å². The molecular weight excluding hydrogens is 236 g/mol. The fourth-order valence-corrected chi connectivity index (χ4v) is 2.18. The summed E-state index contributed by atoms with van der Waals surface area (Å²) in [4.78, 5) is 22.3. The van der Waals surface area contributed by atoms with E-state index in [1.54, 1.807) is 12.4 Å². The van der Waals surface area contributed by atoms with Crippen LogP contribution in [-0.4, -0.2) is 53.2 Å². The third-order valence-electron chi connectivity index (χ3n) is 2.80. The molecule has 1 aromatic heterocycles. The van der Waals surface area contributed by atoms with Crippen molar-refractivity contribution < 1.29 is 4.79 Å². The summed E-state index contributed by atoms with van der Waals surface area (Å²) in [5.41, 5.74) is 0.525. The van der Waals surface area contributed by atoms with Crippen LogP contribution in [0.15, 0.2) is 17.6 Å². The number of carbonyl (C=O) groups excluding carboxylic acids is 1. The number of thioether (sulfide) groups is 1. The first kappa shape index (κ1) is 12.3. The minimum absolute atomic E-state index is 0.0852. The second kappa shape index (κ2) is 5.46. The van der Waals surface area contributed by atoms with E-state index in [2.05, 4.69) is 27.2 Å². The molecule has 0 bridgehead atoms. The molecule has 1 fully saturated rings. The van der Waals surface area contributed by atoms with Gasteiger partial charge in [-0.25, -0.2) is 9.97 Å². The molecule has 1 aliphatic rings. The maximum Gasteiger partial charge on any atom is 0.254 e. The monoisotopic (exact) mass is 252 g/mol. The van der Waals surface area contributed by atoms with E-state index in [0.29, 0.717) is 10.7 Å². The van der Waals surface area contributed by atoms with Gasteiger partial charge in [-0.15, -0.1) is 0 Å². The van der Waals surface area contributed by atoms with Crippen molar-refractivity contribution in [1.82, 2.24) is 20.2 Å². The number of aromatic nitrogens is 2. The highest BCUT2D eigenvalue weighted by atomic mass is 32.2. The van der Waals surface area contributed by atoms with Crippen LogP contribution in [0, 0.1) is 0 Å². The van der Waals surface area contributed by atoms with Gasteiger partial charge < -0.3 is 10.2 Å². The summed E-state index contributed by atoms with van der Waals surface area (Å²) in [5, 5.41) is 3.68. The third-order valence-corrected chi connectivity index (χ3v) is 3.38. The van der Waals surface area contributed by atoms with Gasteiger partial charge in [0.2, 0.25) is 0 Å². The zero-order valence-electron chi connectivity index (χ0n) is 10.0. The topological polar surface area (TPSA) is 58.1 Å². The summed E-state index contributed by atoms with van der Waals surface area (Å²) in [6.45, 7) is 1.95. The molecule has 92 valence electrons. The molecule has 1 atom stereocenters. The second-order valence-corrected chi connectivity index (χ2v) is 4.95. The average Bonchev–Trinajstić information content (AvgIpc) is 2.75. The Morgan fingerprint density at radius 3 is 2.76 bits per heavy atom. The molecule has 1 aliphatic heterocycles. The molecule has 0 unspecified atom stereocenters. The predicted octanol–water partition coefficient (Wildman–Crippen LogP) is 0.632. The van der Waals surface area contributed by atoms with Crippen LogP contribution in [0.3, 0.4) is 0 Å².